The molecule has 0 aromatic heterocycles. The second-order valence-electron chi connectivity index (χ2n) is 8.64. The molecule has 1 saturated carbocycles. The van der Waals surface area contributed by atoms with Crippen LogP contribution < -0.4 is 5.32 Å². The number of rotatable bonds is 2. The maximum atomic E-state index is 12.2. The summed E-state index contributed by atoms with van der Waals surface area (Å²) in [5.74, 6) is 3.27. The van der Waals surface area contributed by atoms with E-state index in [2.05, 4.69) is 60.7 Å². The van der Waals surface area contributed by atoms with Crippen LogP contribution in [-0.2, 0) is 10.3 Å². The fourth-order valence-electron chi connectivity index (χ4n) is 2.65. The SMILES string of the molecule is CC(C)(C)OC(=O)NC1(c2ccc(C#C[Si](C)(C)C)cc2)CCC1. The first-order valence-corrected chi connectivity index (χ1v) is 12.1. The second-order valence-corrected chi connectivity index (χ2v) is 13.4. The summed E-state index contributed by atoms with van der Waals surface area (Å²) in [7, 11) is -1.37. The van der Waals surface area contributed by atoms with Gasteiger partial charge >= 0.3 is 6.09 Å². The highest BCUT2D eigenvalue weighted by molar-refractivity contribution is 6.83. The zero-order valence-corrected chi connectivity index (χ0v) is 16.7. The zero-order valence-electron chi connectivity index (χ0n) is 15.7. The molecule has 1 fully saturated rings. The summed E-state index contributed by atoms with van der Waals surface area (Å²) in [6.07, 6.45) is 2.68. The smallest absolute Gasteiger partial charge is 0.408 e. The molecule has 0 saturated heterocycles. The Morgan fingerprint density at radius 3 is 2.17 bits per heavy atom. The van der Waals surface area contributed by atoms with Crippen molar-refractivity contribution < 1.29 is 9.53 Å². The summed E-state index contributed by atoms with van der Waals surface area (Å²) >= 11 is 0. The first-order valence-electron chi connectivity index (χ1n) is 8.64. The fraction of sp³-hybridized carbons (Fsp3) is 0.550. The van der Waals surface area contributed by atoms with Gasteiger partial charge in [-0.15, -0.1) is 5.54 Å². The number of carbonyl (C=O) groups excluding carboxylic acids is 1. The third-order valence-corrected chi connectivity index (χ3v) is 4.84. The van der Waals surface area contributed by atoms with Crippen LogP contribution in [0.5, 0.6) is 0 Å². The van der Waals surface area contributed by atoms with Crippen molar-refractivity contribution in [2.45, 2.75) is 70.8 Å². The van der Waals surface area contributed by atoms with Crippen LogP contribution in [0.2, 0.25) is 19.6 Å². The number of benzene rings is 1. The molecule has 0 bridgehead atoms. The molecule has 3 nitrogen and oxygen atoms in total. The van der Waals surface area contributed by atoms with E-state index in [0.717, 1.165) is 30.4 Å². The molecule has 0 spiro atoms. The minimum absolute atomic E-state index is 0.285. The predicted octanol–water partition coefficient (Wildman–Crippen LogP) is 4.82. The summed E-state index contributed by atoms with van der Waals surface area (Å²) in [6.45, 7) is 12.4. The predicted molar refractivity (Wildman–Crippen MR) is 102 cm³/mol. The summed E-state index contributed by atoms with van der Waals surface area (Å²) < 4.78 is 5.42. The Hall–Kier alpha value is -1.73. The molecule has 24 heavy (non-hydrogen) atoms. The highest BCUT2D eigenvalue weighted by Crippen LogP contribution is 2.41. The first-order chi connectivity index (χ1) is 11.0. The topological polar surface area (TPSA) is 38.3 Å². The van der Waals surface area contributed by atoms with Crippen molar-refractivity contribution in [1.29, 1.82) is 0 Å². The molecular formula is C20H29NO2Si. The number of hydrogen-bond donors (Lipinski definition) is 1. The van der Waals surface area contributed by atoms with Crippen LogP contribution in [0.1, 0.15) is 51.2 Å². The van der Waals surface area contributed by atoms with Crippen LogP contribution in [0.25, 0.3) is 0 Å². The van der Waals surface area contributed by atoms with Gasteiger partial charge < -0.3 is 10.1 Å². The highest BCUT2D eigenvalue weighted by Gasteiger charge is 2.41. The zero-order chi connectivity index (χ0) is 18.0. The molecule has 0 atom stereocenters. The lowest BCUT2D eigenvalue weighted by Crippen LogP contribution is -2.52. The highest BCUT2D eigenvalue weighted by atomic mass is 28.3. The molecule has 0 aliphatic heterocycles. The lowest BCUT2D eigenvalue weighted by molar-refractivity contribution is 0.0377. The summed E-state index contributed by atoms with van der Waals surface area (Å²) in [4.78, 5) is 12.2. The van der Waals surface area contributed by atoms with Gasteiger partial charge in [-0.05, 0) is 57.7 Å². The lowest BCUT2D eigenvalue weighted by atomic mass is 9.72. The number of ether oxygens (including phenoxy) is 1. The van der Waals surface area contributed by atoms with E-state index >= 15 is 0 Å². The van der Waals surface area contributed by atoms with E-state index in [-0.39, 0.29) is 11.6 Å². The Labute approximate surface area is 147 Å². The first kappa shape index (κ1) is 18.6. The van der Waals surface area contributed by atoms with Gasteiger partial charge in [-0.2, -0.15) is 0 Å². The van der Waals surface area contributed by atoms with Gasteiger partial charge in [-0.3, -0.25) is 0 Å². The van der Waals surface area contributed by atoms with Crippen molar-refractivity contribution in [2.75, 3.05) is 0 Å². The maximum absolute atomic E-state index is 12.2. The number of alkyl carbamates (subject to hydrolysis) is 1. The van der Waals surface area contributed by atoms with E-state index in [0.29, 0.717) is 0 Å². The van der Waals surface area contributed by atoms with Crippen molar-refractivity contribution in [3.63, 3.8) is 0 Å². The van der Waals surface area contributed by atoms with E-state index in [1.165, 1.54) is 0 Å². The molecule has 130 valence electrons. The molecule has 2 rings (SSSR count). The number of carbonyl (C=O) groups is 1. The van der Waals surface area contributed by atoms with Gasteiger partial charge in [0.2, 0.25) is 0 Å². The standard InChI is InChI=1S/C20H29NO2Si/c1-19(2,3)23-18(22)21-20(13-7-14-20)17-10-8-16(9-11-17)12-15-24(4,5)6/h8-11H,7,13-14H2,1-6H3,(H,21,22). The molecule has 1 aromatic rings. The summed E-state index contributed by atoms with van der Waals surface area (Å²) in [5.41, 5.74) is 4.79. The largest absolute Gasteiger partial charge is 0.444 e. The molecule has 0 radical (unpaired) electrons. The maximum Gasteiger partial charge on any atom is 0.408 e. The molecule has 1 aromatic carbocycles. The Morgan fingerprint density at radius 1 is 1.17 bits per heavy atom. The van der Waals surface area contributed by atoms with E-state index < -0.39 is 13.7 Å². The van der Waals surface area contributed by atoms with Crippen LogP contribution in [-0.4, -0.2) is 19.8 Å². The molecule has 1 aliphatic rings. The van der Waals surface area contributed by atoms with Crippen LogP contribution in [0.15, 0.2) is 24.3 Å². The van der Waals surface area contributed by atoms with Crippen LogP contribution in [0, 0.1) is 11.5 Å². The molecule has 4 heteroatoms. The van der Waals surface area contributed by atoms with E-state index in [1.54, 1.807) is 0 Å². The molecular weight excluding hydrogens is 314 g/mol. The number of hydrogen-bond acceptors (Lipinski definition) is 2. The van der Waals surface area contributed by atoms with Gasteiger partial charge in [0.25, 0.3) is 0 Å². The van der Waals surface area contributed by atoms with Gasteiger partial charge in [0, 0.05) is 5.56 Å². The third kappa shape index (κ3) is 5.14. The average molecular weight is 344 g/mol. The Balaban J connectivity index is 2.13. The van der Waals surface area contributed by atoms with Gasteiger partial charge in [-0.1, -0.05) is 37.7 Å². The number of amides is 1. The van der Waals surface area contributed by atoms with Gasteiger partial charge in [0.05, 0.1) is 5.54 Å². The van der Waals surface area contributed by atoms with Crippen molar-refractivity contribution in [2.24, 2.45) is 0 Å². The third-order valence-electron chi connectivity index (χ3n) is 3.97. The van der Waals surface area contributed by atoms with Gasteiger partial charge in [-0.25, -0.2) is 4.79 Å². The Morgan fingerprint density at radius 2 is 1.75 bits per heavy atom. The van der Waals surface area contributed by atoms with Crippen molar-refractivity contribution in [3.05, 3.63) is 35.4 Å². The molecule has 0 unspecified atom stereocenters. The summed E-state index contributed by atoms with van der Waals surface area (Å²) in [5, 5.41) is 3.09. The molecule has 1 N–H and O–H groups in total. The van der Waals surface area contributed by atoms with Crippen molar-refractivity contribution in [3.8, 4) is 11.5 Å². The average Bonchev–Trinajstić information content (AvgIpc) is 2.38. The van der Waals surface area contributed by atoms with Crippen molar-refractivity contribution >= 4 is 14.2 Å². The van der Waals surface area contributed by atoms with E-state index in [4.69, 9.17) is 4.74 Å². The summed E-state index contributed by atoms with van der Waals surface area (Å²) in [6, 6.07) is 8.29. The van der Waals surface area contributed by atoms with Gasteiger partial charge in [0.1, 0.15) is 13.7 Å². The Bertz CT molecular complexity index is 650. The van der Waals surface area contributed by atoms with Crippen molar-refractivity contribution in [1.82, 2.24) is 5.32 Å². The van der Waals surface area contributed by atoms with Crippen LogP contribution in [0.4, 0.5) is 4.79 Å². The minimum Gasteiger partial charge on any atom is -0.444 e. The minimum atomic E-state index is -1.37. The Kier molecular flexibility index (Phi) is 5.15. The molecule has 1 aliphatic carbocycles. The van der Waals surface area contributed by atoms with E-state index in [1.807, 2.05) is 20.8 Å². The number of nitrogens with one attached hydrogen (secondary N) is 1. The molecule has 1 amide bonds. The molecule has 0 heterocycles. The quantitative estimate of drug-likeness (QED) is 0.617. The van der Waals surface area contributed by atoms with Gasteiger partial charge in [0.15, 0.2) is 0 Å². The fourth-order valence-corrected chi connectivity index (χ4v) is 3.17. The van der Waals surface area contributed by atoms with E-state index in [9.17, 15) is 4.79 Å². The van der Waals surface area contributed by atoms with Crippen LogP contribution in [0.3, 0.4) is 0 Å². The lowest BCUT2D eigenvalue weighted by Gasteiger charge is -2.43. The second kappa shape index (κ2) is 6.64. The van der Waals surface area contributed by atoms with Crippen LogP contribution >= 0.6 is 0 Å². The monoisotopic (exact) mass is 343 g/mol. The normalized spacial score (nSPS) is 16.4.